The van der Waals surface area contributed by atoms with Crippen molar-refractivity contribution in [3.8, 4) is 11.1 Å². The third kappa shape index (κ3) is 3.21. The van der Waals surface area contributed by atoms with Crippen LogP contribution in [0.5, 0.6) is 0 Å². The number of aromatic nitrogens is 1. The number of nitrogens with one attached hydrogen (secondary N) is 2. The van der Waals surface area contributed by atoms with Crippen LogP contribution in [0, 0.1) is 5.92 Å². The summed E-state index contributed by atoms with van der Waals surface area (Å²) in [7, 11) is 0. The molecule has 1 saturated heterocycles. The molecule has 6 nitrogen and oxygen atoms in total. The highest BCUT2D eigenvalue weighted by atomic mass is 16.3. The van der Waals surface area contributed by atoms with E-state index in [0.29, 0.717) is 5.92 Å². The van der Waals surface area contributed by atoms with Gasteiger partial charge in [-0.1, -0.05) is 30.3 Å². The second kappa shape index (κ2) is 7.22. The monoisotopic (exact) mass is 373 g/mol. The van der Waals surface area contributed by atoms with Crippen LogP contribution in [-0.4, -0.2) is 35.4 Å². The highest BCUT2D eigenvalue weighted by molar-refractivity contribution is 5.99. The minimum absolute atomic E-state index is 0.567. The van der Waals surface area contributed by atoms with E-state index in [4.69, 9.17) is 0 Å². The molecule has 0 saturated carbocycles. The number of rotatable bonds is 4. The number of pyridine rings is 1. The van der Waals surface area contributed by atoms with Gasteiger partial charge in [-0.3, -0.25) is 15.3 Å². The van der Waals surface area contributed by atoms with Gasteiger partial charge in [-0.25, -0.2) is 0 Å². The molecule has 0 amide bonds. The van der Waals surface area contributed by atoms with Crippen molar-refractivity contribution in [1.82, 2.24) is 15.7 Å². The number of hydrogen-bond acceptors (Lipinski definition) is 6. The number of hydrogen-bond donors (Lipinski definition) is 3. The van der Waals surface area contributed by atoms with Gasteiger partial charge >= 0.3 is 0 Å². The summed E-state index contributed by atoms with van der Waals surface area (Å²) in [5.74, 6) is 1.46. The van der Waals surface area contributed by atoms with Crippen molar-refractivity contribution in [3.05, 3.63) is 60.8 Å². The topological polar surface area (TPSA) is 72.8 Å². The maximum Gasteiger partial charge on any atom is 0.225 e. The maximum absolute atomic E-state index is 10.4. The molecule has 5 rings (SSSR count). The Bertz CT molecular complexity index is 1010. The van der Waals surface area contributed by atoms with Crippen molar-refractivity contribution in [2.45, 2.75) is 19.2 Å². The lowest BCUT2D eigenvalue weighted by Gasteiger charge is -2.24. The Morgan fingerprint density at radius 3 is 2.75 bits per heavy atom. The van der Waals surface area contributed by atoms with Gasteiger partial charge in [0.25, 0.3) is 0 Å². The third-order valence-corrected chi connectivity index (χ3v) is 5.55. The number of benzene rings is 2. The van der Waals surface area contributed by atoms with Crippen LogP contribution < -0.4 is 15.6 Å². The molecule has 1 fully saturated rings. The molecule has 0 bridgehead atoms. The zero-order valence-electron chi connectivity index (χ0n) is 15.5. The molecule has 3 aromatic rings. The SMILES string of the molecule is OC1NN=C(C[C@@H]2CCNC2)N1c1ccc(-c2ccc3cccnc3c2)cc1. The molecule has 6 heteroatoms. The van der Waals surface area contributed by atoms with E-state index in [1.807, 2.05) is 29.3 Å². The second-order valence-electron chi connectivity index (χ2n) is 7.42. The predicted molar refractivity (Wildman–Crippen MR) is 112 cm³/mol. The standard InChI is InChI=1S/C22H23N5O/c28-22-26-25-21(12-15-9-11-23-14-15)27(22)19-7-5-16(6-8-19)18-4-3-17-2-1-10-24-20(17)13-18/h1-8,10,13,15,22-23,26,28H,9,11-12,14H2/t15-,22?/m0/s1. The van der Waals surface area contributed by atoms with E-state index in [2.05, 4.69) is 57.2 Å². The molecule has 3 N–H and O–H groups in total. The fourth-order valence-electron chi connectivity index (χ4n) is 4.03. The smallest absolute Gasteiger partial charge is 0.225 e. The second-order valence-corrected chi connectivity index (χ2v) is 7.42. The first-order chi connectivity index (χ1) is 13.8. The average Bonchev–Trinajstić information content (AvgIpc) is 3.38. The number of hydrazone groups is 1. The zero-order valence-corrected chi connectivity index (χ0v) is 15.5. The van der Waals surface area contributed by atoms with Crippen molar-refractivity contribution < 1.29 is 5.11 Å². The lowest BCUT2D eigenvalue weighted by atomic mass is 10.0. The van der Waals surface area contributed by atoms with Crippen LogP contribution in [0.25, 0.3) is 22.0 Å². The van der Waals surface area contributed by atoms with E-state index >= 15 is 0 Å². The largest absolute Gasteiger partial charge is 0.355 e. The summed E-state index contributed by atoms with van der Waals surface area (Å²) in [4.78, 5) is 6.33. The molecule has 2 aliphatic heterocycles. The molecule has 28 heavy (non-hydrogen) atoms. The van der Waals surface area contributed by atoms with Crippen LogP contribution in [0.4, 0.5) is 5.69 Å². The van der Waals surface area contributed by atoms with E-state index in [0.717, 1.165) is 59.5 Å². The first-order valence-electron chi connectivity index (χ1n) is 9.73. The van der Waals surface area contributed by atoms with Crippen molar-refractivity contribution >= 4 is 22.4 Å². The summed E-state index contributed by atoms with van der Waals surface area (Å²) in [6.45, 7) is 2.07. The number of aliphatic hydroxyl groups excluding tert-OH is 1. The van der Waals surface area contributed by atoms with Gasteiger partial charge in [0.2, 0.25) is 6.35 Å². The van der Waals surface area contributed by atoms with Crippen LogP contribution in [0.2, 0.25) is 0 Å². The Labute approximate surface area is 163 Å². The molecule has 142 valence electrons. The van der Waals surface area contributed by atoms with Crippen molar-refractivity contribution in [2.75, 3.05) is 18.0 Å². The summed E-state index contributed by atoms with van der Waals surface area (Å²) in [6, 6.07) is 18.6. The Hall–Kier alpha value is -2.96. The van der Waals surface area contributed by atoms with E-state index in [1.54, 1.807) is 0 Å². The van der Waals surface area contributed by atoms with Gasteiger partial charge in [-0.15, -0.1) is 0 Å². The van der Waals surface area contributed by atoms with E-state index < -0.39 is 6.35 Å². The highest BCUT2D eigenvalue weighted by Crippen LogP contribution is 2.28. The molecule has 2 aromatic carbocycles. The number of aliphatic hydroxyl groups is 1. The lowest BCUT2D eigenvalue weighted by Crippen LogP contribution is -2.40. The Kier molecular flexibility index (Phi) is 4.43. The molecule has 0 radical (unpaired) electrons. The summed E-state index contributed by atoms with van der Waals surface area (Å²) < 4.78 is 0. The lowest BCUT2D eigenvalue weighted by molar-refractivity contribution is 0.159. The molecule has 0 spiro atoms. The van der Waals surface area contributed by atoms with Gasteiger partial charge in [0, 0.05) is 23.7 Å². The van der Waals surface area contributed by atoms with E-state index in [9.17, 15) is 5.11 Å². The van der Waals surface area contributed by atoms with Gasteiger partial charge in [0.05, 0.1) is 5.52 Å². The minimum Gasteiger partial charge on any atom is -0.355 e. The molecular weight excluding hydrogens is 350 g/mol. The number of fused-ring (bicyclic) bond motifs is 1. The fourth-order valence-corrected chi connectivity index (χ4v) is 4.03. The predicted octanol–water partition coefficient (Wildman–Crippen LogP) is 2.90. The Morgan fingerprint density at radius 2 is 1.93 bits per heavy atom. The van der Waals surface area contributed by atoms with Crippen molar-refractivity contribution in [2.24, 2.45) is 11.0 Å². The third-order valence-electron chi connectivity index (χ3n) is 5.55. The number of amidine groups is 1. The zero-order chi connectivity index (χ0) is 18.9. The molecule has 2 aliphatic rings. The van der Waals surface area contributed by atoms with Crippen LogP contribution in [0.15, 0.2) is 65.9 Å². The van der Waals surface area contributed by atoms with Gasteiger partial charge in [0.15, 0.2) is 0 Å². The quantitative estimate of drug-likeness (QED) is 0.656. The molecule has 3 heterocycles. The Balaban J connectivity index is 1.39. The van der Waals surface area contributed by atoms with Crippen LogP contribution in [-0.2, 0) is 0 Å². The van der Waals surface area contributed by atoms with E-state index in [-0.39, 0.29) is 0 Å². The highest BCUT2D eigenvalue weighted by Gasteiger charge is 2.29. The van der Waals surface area contributed by atoms with Crippen molar-refractivity contribution in [3.63, 3.8) is 0 Å². The van der Waals surface area contributed by atoms with Crippen molar-refractivity contribution in [1.29, 1.82) is 0 Å². The summed E-state index contributed by atoms with van der Waals surface area (Å²) in [6.07, 6.45) is 3.00. The minimum atomic E-state index is -0.819. The van der Waals surface area contributed by atoms with Crippen LogP contribution in [0.3, 0.4) is 0 Å². The first-order valence-corrected chi connectivity index (χ1v) is 9.73. The number of anilines is 1. The average molecular weight is 373 g/mol. The fraction of sp³-hybridized carbons (Fsp3) is 0.273. The summed E-state index contributed by atoms with van der Waals surface area (Å²) in [5.41, 5.74) is 6.97. The van der Waals surface area contributed by atoms with Gasteiger partial charge in [-0.05, 0) is 60.8 Å². The van der Waals surface area contributed by atoms with E-state index in [1.165, 1.54) is 0 Å². The van der Waals surface area contributed by atoms with Gasteiger partial charge in [-0.2, -0.15) is 5.10 Å². The maximum atomic E-state index is 10.4. The van der Waals surface area contributed by atoms with Crippen LogP contribution >= 0.6 is 0 Å². The van der Waals surface area contributed by atoms with Gasteiger partial charge < -0.3 is 10.4 Å². The van der Waals surface area contributed by atoms with Gasteiger partial charge in [0.1, 0.15) is 5.84 Å². The molecular formula is C22H23N5O. The summed E-state index contributed by atoms with van der Waals surface area (Å²) in [5, 5.41) is 19.3. The van der Waals surface area contributed by atoms with Crippen LogP contribution in [0.1, 0.15) is 12.8 Å². The number of nitrogens with zero attached hydrogens (tertiary/aromatic N) is 3. The first kappa shape index (κ1) is 17.2. The molecule has 1 unspecified atom stereocenters. The molecule has 2 atom stereocenters. The Morgan fingerprint density at radius 1 is 1.07 bits per heavy atom. The molecule has 1 aromatic heterocycles. The molecule has 0 aliphatic carbocycles. The summed E-state index contributed by atoms with van der Waals surface area (Å²) >= 11 is 0. The normalized spacial score (nSPS) is 21.8.